The fourth-order valence-corrected chi connectivity index (χ4v) is 2.49. The lowest BCUT2D eigenvalue weighted by atomic mass is 10.3. The van der Waals surface area contributed by atoms with Crippen molar-refractivity contribution in [2.45, 2.75) is 6.54 Å². The maximum absolute atomic E-state index is 12.0. The Morgan fingerprint density at radius 2 is 1.72 bits per heavy atom. The molecule has 3 rings (SSSR count). The molecule has 1 N–H and O–H groups in total. The summed E-state index contributed by atoms with van der Waals surface area (Å²) in [6, 6.07) is 18.0. The van der Waals surface area contributed by atoms with Crippen LogP contribution in [0.2, 0.25) is 0 Å². The van der Waals surface area contributed by atoms with Crippen LogP contribution >= 0.6 is 0 Å². The summed E-state index contributed by atoms with van der Waals surface area (Å²) in [5, 5.41) is 2.79. The van der Waals surface area contributed by atoms with Crippen molar-refractivity contribution in [1.82, 2.24) is 10.3 Å². The molecule has 0 aliphatic rings. The Kier molecular flexibility index (Phi) is 6.89. The van der Waals surface area contributed by atoms with Gasteiger partial charge in [-0.15, -0.1) is 0 Å². The highest BCUT2D eigenvalue weighted by atomic mass is 16.5. The first kappa shape index (κ1) is 20.0. The van der Waals surface area contributed by atoms with E-state index in [1.54, 1.807) is 44.7 Å². The molecule has 0 aliphatic carbocycles. The zero-order valence-electron chi connectivity index (χ0n) is 16.3. The number of pyridine rings is 1. The predicted molar refractivity (Wildman–Crippen MR) is 108 cm³/mol. The zero-order chi connectivity index (χ0) is 20.5. The number of para-hydroxylation sites is 2. The van der Waals surface area contributed by atoms with Crippen LogP contribution in [0.5, 0.6) is 28.9 Å². The van der Waals surface area contributed by atoms with Gasteiger partial charge in [0.05, 0.1) is 14.2 Å². The van der Waals surface area contributed by atoms with Crippen molar-refractivity contribution in [3.05, 3.63) is 72.4 Å². The normalized spacial score (nSPS) is 10.1. The van der Waals surface area contributed by atoms with Gasteiger partial charge in [0.2, 0.25) is 5.88 Å². The Morgan fingerprint density at radius 1 is 0.931 bits per heavy atom. The van der Waals surface area contributed by atoms with E-state index in [1.807, 2.05) is 36.4 Å². The summed E-state index contributed by atoms with van der Waals surface area (Å²) in [5.41, 5.74) is 0.841. The summed E-state index contributed by atoms with van der Waals surface area (Å²) < 4.78 is 21.6. The Bertz CT molecular complexity index is 944. The van der Waals surface area contributed by atoms with Crippen molar-refractivity contribution in [2.75, 3.05) is 20.8 Å². The van der Waals surface area contributed by atoms with Gasteiger partial charge in [-0.05, 0) is 29.8 Å². The van der Waals surface area contributed by atoms with E-state index < -0.39 is 0 Å². The first-order valence-electron chi connectivity index (χ1n) is 8.97. The summed E-state index contributed by atoms with van der Waals surface area (Å²) in [7, 11) is 3.15. The predicted octanol–water partition coefficient (Wildman–Crippen LogP) is 3.59. The number of nitrogens with zero attached hydrogens (tertiary/aromatic N) is 1. The van der Waals surface area contributed by atoms with Gasteiger partial charge in [0, 0.05) is 24.9 Å². The number of rotatable bonds is 9. The van der Waals surface area contributed by atoms with Crippen LogP contribution < -0.4 is 24.3 Å². The second kappa shape index (κ2) is 9.98. The number of benzene rings is 2. The molecule has 150 valence electrons. The van der Waals surface area contributed by atoms with Crippen molar-refractivity contribution < 1.29 is 23.7 Å². The van der Waals surface area contributed by atoms with Crippen LogP contribution in [0.4, 0.5) is 0 Å². The van der Waals surface area contributed by atoms with Gasteiger partial charge in [-0.2, -0.15) is 0 Å². The highest BCUT2D eigenvalue weighted by Gasteiger charge is 2.07. The van der Waals surface area contributed by atoms with Crippen LogP contribution in [0.25, 0.3) is 0 Å². The largest absolute Gasteiger partial charge is 0.497 e. The number of nitrogens with one attached hydrogen (secondary N) is 1. The third kappa shape index (κ3) is 5.87. The van der Waals surface area contributed by atoms with E-state index >= 15 is 0 Å². The van der Waals surface area contributed by atoms with Crippen LogP contribution in [0, 0.1) is 0 Å². The summed E-state index contributed by atoms with van der Waals surface area (Å²) >= 11 is 0. The number of methoxy groups -OCH3 is 2. The molecular formula is C22H22N2O5. The minimum atomic E-state index is -0.243. The summed E-state index contributed by atoms with van der Waals surface area (Å²) in [5.74, 6) is 2.64. The maximum atomic E-state index is 12.0. The molecule has 0 radical (unpaired) electrons. The summed E-state index contributed by atoms with van der Waals surface area (Å²) in [4.78, 5) is 16.3. The fraction of sp³-hybridized carbons (Fsp3) is 0.182. The molecule has 7 nitrogen and oxygen atoms in total. The Morgan fingerprint density at radius 3 is 2.45 bits per heavy atom. The van der Waals surface area contributed by atoms with Crippen LogP contribution in [-0.4, -0.2) is 31.7 Å². The molecule has 0 saturated carbocycles. The number of hydrogen-bond acceptors (Lipinski definition) is 6. The van der Waals surface area contributed by atoms with E-state index in [4.69, 9.17) is 18.9 Å². The Hall–Kier alpha value is -3.74. The molecule has 3 aromatic rings. The third-order valence-electron chi connectivity index (χ3n) is 3.98. The number of hydrogen-bond donors (Lipinski definition) is 1. The first-order valence-corrected chi connectivity index (χ1v) is 8.97. The smallest absolute Gasteiger partial charge is 0.258 e. The molecule has 0 saturated heterocycles. The van der Waals surface area contributed by atoms with Gasteiger partial charge in [-0.3, -0.25) is 4.79 Å². The third-order valence-corrected chi connectivity index (χ3v) is 3.98. The van der Waals surface area contributed by atoms with Crippen LogP contribution in [0.3, 0.4) is 0 Å². The fourth-order valence-electron chi connectivity index (χ4n) is 2.49. The molecular weight excluding hydrogens is 372 g/mol. The molecule has 0 aliphatic heterocycles. The van der Waals surface area contributed by atoms with Gasteiger partial charge in [-0.25, -0.2) is 4.98 Å². The van der Waals surface area contributed by atoms with Gasteiger partial charge in [0.15, 0.2) is 18.1 Å². The molecule has 0 fully saturated rings. The quantitative estimate of drug-likeness (QED) is 0.598. The van der Waals surface area contributed by atoms with Crippen molar-refractivity contribution >= 4 is 5.91 Å². The Balaban J connectivity index is 1.47. The topological polar surface area (TPSA) is 78.9 Å². The van der Waals surface area contributed by atoms with Crippen molar-refractivity contribution in [1.29, 1.82) is 0 Å². The van der Waals surface area contributed by atoms with Crippen LogP contribution in [0.1, 0.15) is 5.56 Å². The van der Waals surface area contributed by atoms with Gasteiger partial charge < -0.3 is 24.3 Å². The number of amides is 1. The average Bonchev–Trinajstić information content (AvgIpc) is 2.77. The summed E-state index contributed by atoms with van der Waals surface area (Å²) in [6.45, 7) is 0.228. The monoisotopic (exact) mass is 394 g/mol. The van der Waals surface area contributed by atoms with Crippen molar-refractivity contribution in [3.8, 4) is 28.9 Å². The lowest BCUT2D eigenvalue weighted by Crippen LogP contribution is -2.28. The highest BCUT2D eigenvalue weighted by molar-refractivity contribution is 5.77. The lowest BCUT2D eigenvalue weighted by Gasteiger charge is -2.11. The average molecular weight is 394 g/mol. The standard InChI is InChI=1S/C22H22N2O5/c1-26-17-6-5-7-18(12-17)29-22-11-10-16(14-24-22)13-23-21(25)15-28-20-9-4-3-8-19(20)27-2/h3-12,14H,13,15H2,1-2H3,(H,23,25). The minimum absolute atomic E-state index is 0.106. The molecule has 0 bridgehead atoms. The Labute approximate surface area is 169 Å². The van der Waals surface area contributed by atoms with Gasteiger partial charge >= 0.3 is 0 Å². The zero-order valence-corrected chi connectivity index (χ0v) is 16.3. The second-order valence-electron chi connectivity index (χ2n) is 6.00. The van der Waals surface area contributed by atoms with Gasteiger partial charge in [-0.1, -0.05) is 24.3 Å². The van der Waals surface area contributed by atoms with E-state index in [0.29, 0.717) is 35.4 Å². The molecule has 2 aromatic carbocycles. The second-order valence-corrected chi connectivity index (χ2v) is 6.00. The van der Waals surface area contributed by atoms with Crippen molar-refractivity contribution in [2.24, 2.45) is 0 Å². The number of ether oxygens (including phenoxy) is 4. The molecule has 0 spiro atoms. The molecule has 29 heavy (non-hydrogen) atoms. The first-order chi connectivity index (χ1) is 14.2. The van der Waals surface area contributed by atoms with Crippen molar-refractivity contribution in [3.63, 3.8) is 0 Å². The SMILES string of the molecule is COc1cccc(Oc2ccc(CNC(=O)COc3ccccc3OC)cn2)c1. The number of aromatic nitrogens is 1. The molecule has 1 aromatic heterocycles. The lowest BCUT2D eigenvalue weighted by molar-refractivity contribution is -0.123. The van der Waals surface area contributed by atoms with E-state index in [2.05, 4.69) is 10.3 Å². The van der Waals surface area contributed by atoms with Crippen LogP contribution in [0.15, 0.2) is 66.9 Å². The molecule has 7 heteroatoms. The maximum Gasteiger partial charge on any atom is 0.258 e. The van der Waals surface area contributed by atoms with E-state index in [1.165, 1.54) is 0 Å². The van der Waals surface area contributed by atoms with Crippen LogP contribution in [-0.2, 0) is 11.3 Å². The van der Waals surface area contributed by atoms with E-state index in [9.17, 15) is 4.79 Å². The molecule has 0 atom stereocenters. The van der Waals surface area contributed by atoms with E-state index in [-0.39, 0.29) is 12.5 Å². The van der Waals surface area contributed by atoms with E-state index in [0.717, 1.165) is 5.56 Å². The molecule has 1 amide bonds. The van der Waals surface area contributed by atoms with Gasteiger partial charge in [0.25, 0.3) is 5.91 Å². The molecule has 1 heterocycles. The van der Waals surface area contributed by atoms with Gasteiger partial charge in [0.1, 0.15) is 11.5 Å². The summed E-state index contributed by atoms with van der Waals surface area (Å²) in [6.07, 6.45) is 1.65. The highest BCUT2D eigenvalue weighted by Crippen LogP contribution is 2.25. The minimum Gasteiger partial charge on any atom is -0.497 e. The molecule has 0 unspecified atom stereocenters. The number of carbonyl (C=O) groups excluding carboxylic acids is 1. The number of carbonyl (C=O) groups is 1.